The Hall–Kier alpha value is -1.42. The van der Waals surface area contributed by atoms with Gasteiger partial charge in [-0.2, -0.15) is 0 Å². The van der Waals surface area contributed by atoms with Crippen molar-refractivity contribution >= 4 is 0 Å². The van der Waals surface area contributed by atoms with E-state index in [1.165, 1.54) is 12.8 Å². The van der Waals surface area contributed by atoms with Gasteiger partial charge in [-0.1, -0.05) is 20.3 Å². The van der Waals surface area contributed by atoms with Gasteiger partial charge in [0.15, 0.2) is 11.5 Å². The first-order chi connectivity index (χ1) is 9.96. The molecule has 1 aliphatic rings. The second-order valence-corrected chi connectivity index (χ2v) is 6.44. The number of benzene rings is 1. The van der Waals surface area contributed by atoms with Gasteiger partial charge in [0.2, 0.25) is 5.75 Å². The molecule has 0 spiro atoms. The maximum Gasteiger partial charge on any atom is 0.203 e. The molecule has 2 rings (SSSR count). The molecule has 21 heavy (non-hydrogen) atoms. The van der Waals surface area contributed by atoms with Crippen LogP contribution in [0.15, 0.2) is 12.1 Å². The van der Waals surface area contributed by atoms with Gasteiger partial charge in [0.1, 0.15) is 0 Å². The van der Waals surface area contributed by atoms with E-state index in [0.29, 0.717) is 23.2 Å². The molecule has 1 fully saturated rings. The molecule has 1 aromatic rings. The van der Waals surface area contributed by atoms with Crippen LogP contribution in [0.1, 0.15) is 44.7 Å². The average molecular weight is 293 g/mol. The summed E-state index contributed by atoms with van der Waals surface area (Å²) in [6, 6.07) is 3.84. The molecule has 2 N–H and O–H groups in total. The molecular formula is C17H27NO3. The van der Waals surface area contributed by atoms with Crippen LogP contribution in [0, 0.1) is 11.3 Å². The summed E-state index contributed by atoms with van der Waals surface area (Å²) in [7, 11) is 4.89. The highest BCUT2D eigenvalue weighted by molar-refractivity contribution is 5.56. The Morgan fingerprint density at radius 3 is 2.24 bits per heavy atom. The first-order valence-electron chi connectivity index (χ1n) is 7.50. The quantitative estimate of drug-likeness (QED) is 0.902. The maximum absolute atomic E-state index is 6.59. The van der Waals surface area contributed by atoms with Crippen LogP contribution >= 0.6 is 0 Å². The standard InChI is InChI=1S/C17H27NO3/c1-17(2)10-6-7-12(17)14(18)11-8-9-13(19-3)16(21-5)15(11)20-4/h8-9,12,14H,6-7,10,18H2,1-5H3. The van der Waals surface area contributed by atoms with Gasteiger partial charge < -0.3 is 19.9 Å². The van der Waals surface area contributed by atoms with Crippen molar-refractivity contribution in [3.05, 3.63) is 17.7 Å². The lowest BCUT2D eigenvalue weighted by Gasteiger charge is -2.33. The van der Waals surface area contributed by atoms with Gasteiger partial charge in [-0.3, -0.25) is 0 Å². The predicted octanol–water partition coefficient (Wildman–Crippen LogP) is 3.54. The first kappa shape index (κ1) is 16.0. The summed E-state index contributed by atoms with van der Waals surface area (Å²) in [6.07, 6.45) is 3.62. The second kappa shape index (κ2) is 6.14. The third-order valence-electron chi connectivity index (χ3n) is 4.87. The Labute approximate surface area is 127 Å². The number of hydrogen-bond acceptors (Lipinski definition) is 4. The lowest BCUT2D eigenvalue weighted by atomic mass is 9.75. The van der Waals surface area contributed by atoms with Crippen molar-refractivity contribution in [2.45, 2.75) is 39.2 Å². The first-order valence-corrected chi connectivity index (χ1v) is 7.50. The van der Waals surface area contributed by atoms with Gasteiger partial charge in [-0.15, -0.1) is 0 Å². The summed E-state index contributed by atoms with van der Waals surface area (Å²) in [5.74, 6) is 2.41. The molecule has 0 aliphatic heterocycles. The van der Waals surface area contributed by atoms with Crippen LogP contribution in [0.5, 0.6) is 17.2 Å². The number of rotatable bonds is 5. The minimum Gasteiger partial charge on any atom is -0.493 e. The highest BCUT2D eigenvalue weighted by Crippen LogP contribution is 2.51. The van der Waals surface area contributed by atoms with E-state index in [-0.39, 0.29) is 11.5 Å². The zero-order chi connectivity index (χ0) is 15.6. The van der Waals surface area contributed by atoms with Crippen LogP contribution in [0.3, 0.4) is 0 Å². The molecule has 1 aliphatic carbocycles. The molecule has 1 saturated carbocycles. The Morgan fingerprint density at radius 1 is 1.10 bits per heavy atom. The fourth-order valence-corrected chi connectivity index (χ4v) is 3.62. The van der Waals surface area contributed by atoms with Crippen molar-refractivity contribution in [3.8, 4) is 17.2 Å². The molecule has 0 amide bonds. The van der Waals surface area contributed by atoms with Gasteiger partial charge in [0.05, 0.1) is 21.3 Å². The van der Waals surface area contributed by atoms with Gasteiger partial charge in [0.25, 0.3) is 0 Å². The summed E-state index contributed by atoms with van der Waals surface area (Å²) in [6.45, 7) is 4.61. The third-order valence-corrected chi connectivity index (χ3v) is 4.87. The Kier molecular flexibility index (Phi) is 4.67. The zero-order valence-electron chi connectivity index (χ0n) is 13.7. The lowest BCUT2D eigenvalue weighted by molar-refractivity contribution is 0.218. The van der Waals surface area contributed by atoms with Crippen LogP contribution in [-0.2, 0) is 0 Å². The van der Waals surface area contributed by atoms with Crippen LogP contribution in [0.2, 0.25) is 0 Å². The number of hydrogen-bond donors (Lipinski definition) is 1. The smallest absolute Gasteiger partial charge is 0.203 e. The summed E-state index contributed by atoms with van der Waals surface area (Å²) < 4.78 is 16.4. The molecule has 1 aromatic carbocycles. The van der Waals surface area contributed by atoms with Gasteiger partial charge in [0, 0.05) is 11.6 Å². The molecule has 2 atom stereocenters. The number of methoxy groups -OCH3 is 3. The highest BCUT2D eigenvalue weighted by atomic mass is 16.5. The maximum atomic E-state index is 6.59. The molecule has 0 saturated heterocycles. The van der Waals surface area contributed by atoms with E-state index in [1.54, 1.807) is 21.3 Å². The second-order valence-electron chi connectivity index (χ2n) is 6.44. The largest absolute Gasteiger partial charge is 0.493 e. The molecule has 0 bridgehead atoms. The van der Waals surface area contributed by atoms with Crippen molar-refractivity contribution in [1.82, 2.24) is 0 Å². The van der Waals surface area contributed by atoms with Gasteiger partial charge in [-0.05, 0) is 36.3 Å². The van der Waals surface area contributed by atoms with E-state index >= 15 is 0 Å². The van der Waals surface area contributed by atoms with E-state index in [4.69, 9.17) is 19.9 Å². The van der Waals surface area contributed by atoms with E-state index in [0.717, 1.165) is 12.0 Å². The SMILES string of the molecule is COc1ccc(C(N)C2CCCC2(C)C)c(OC)c1OC. The van der Waals surface area contributed by atoms with Gasteiger partial charge in [-0.25, -0.2) is 0 Å². The molecule has 0 aromatic heterocycles. The van der Waals surface area contributed by atoms with E-state index in [9.17, 15) is 0 Å². The molecule has 118 valence electrons. The topological polar surface area (TPSA) is 53.7 Å². The molecule has 4 heteroatoms. The van der Waals surface area contributed by atoms with Crippen LogP contribution in [0.4, 0.5) is 0 Å². The zero-order valence-corrected chi connectivity index (χ0v) is 13.7. The van der Waals surface area contributed by atoms with Crippen molar-refractivity contribution in [2.24, 2.45) is 17.1 Å². The van der Waals surface area contributed by atoms with Gasteiger partial charge >= 0.3 is 0 Å². The summed E-state index contributed by atoms with van der Waals surface area (Å²) in [5, 5.41) is 0. The summed E-state index contributed by atoms with van der Waals surface area (Å²) in [4.78, 5) is 0. The summed E-state index contributed by atoms with van der Waals surface area (Å²) in [5.41, 5.74) is 7.85. The van der Waals surface area contributed by atoms with Crippen molar-refractivity contribution in [3.63, 3.8) is 0 Å². The molecular weight excluding hydrogens is 266 g/mol. The van der Waals surface area contributed by atoms with Crippen molar-refractivity contribution in [1.29, 1.82) is 0 Å². The van der Waals surface area contributed by atoms with Crippen molar-refractivity contribution in [2.75, 3.05) is 21.3 Å². The fraction of sp³-hybridized carbons (Fsp3) is 0.647. The van der Waals surface area contributed by atoms with E-state index < -0.39 is 0 Å². The fourth-order valence-electron chi connectivity index (χ4n) is 3.62. The Balaban J connectivity index is 2.43. The normalized spacial score (nSPS) is 21.9. The Morgan fingerprint density at radius 2 is 1.76 bits per heavy atom. The molecule has 2 unspecified atom stereocenters. The molecule has 0 heterocycles. The van der Waals surface area contributed by atoms with E-state index in [2.05, 4.69) is 13.8 Å². The monoisotopic (exact) mass is 293 g/mol. The third kappa shape index (κ3) is 2.82. The highest BCUT2D eigenvalue weighted by Gasteiger charge is 2.40. The minimum atomic E-state index is -0.0581. The van der Waals surface area contributed by atoms with Crippen LogP contribution in [-0.4, -0.2) is 21.3 Å². The van der Waals surface area contributed by atoms with E-state index in [1.807, 2.05) is 12.1 Å². The lowest BCUT2D eigenvalue weighted by Crippen LogP contribution is -2.30. The van der Waals surface area contributed by atoms with Crippen LogP contribution in [0.25, 0.3) is 0 Å². The van der Waals surface area contributed by atoms with Crippen LogP contribution < -0.4 is 19.9 Å². The average Bonchev–Trinajstić information content (AvgIpc) is 2.83. The number of ether oxygens (including phenoxy) is 3. The summed E-state index contributed by atoms with van der Waals surface area (Å²) >= 11 is 0. The van der Waals surface area contributed by atoms with Crippen molar-refractivity contribution < 1.29 is 14.2 Å². The molecule has 0 radical (unpaired) electrons. The Bertz CT molecular complexity index is 499. The molecule has 4 nitrogen and oxygen atoms in total. The number of nitrogens with two attached hydrogens (primary N) is 1. The predicted molar refractivity (Wildman–Crippen MR) is 84.1 cm³/mol. The minimum absolute atomic E-state index is 0.0581.